The fraction of sp³-hybridized carbons (Fsp3) is 0.933. The molecule has 2 aliphatic rings. The summed E-state index contributed by atoms with van der Waals surface area (Å²) in [6.07, 6.45) is 5.39. The van der Waals surface area contributed by atoms with Gasteiger partial charge in [-0.05, 0) is 44.7 Å². The van der Waals surface area contributed by atoms with Crippen LogP contribution in [0, 0.1) is 5.92 Å². The summed E-state index contributed by atoms with van der Waals surface area (Å²) in [7, 11) is 1.83. The minimum absolute atomic E-state index is 0.358. The summed E-state index contributed by atoms with van der Waals surface area (Å²) in [6, 6.07) is 0. The molecule has 2 aliphatic heterocycles. The summed E-state index contributed by atoms with van der Waals surface area (Å²) in [5, 5.41) is 6.75. The van der Waals surface area contributed by atoms with Gasteiger partial charge in [0.05, 0.1) is 6.10 Å². The summed E-state index contributed by atoms with van der Waals surface area (Å²) in [6.45, 7) is 8.67. The first-order valence-electron chi connectivity index (χ1n) is 8.06. The second-order valence-electron chi connectivity index (χ2n) is 6.04. The predicted molar refractivity (Wildman–Crippen MR) is 83.2 cm³/mol. The van der Waals surface area contributed by atoms with Gasteiger partial charge in [-0.2, -0.15) is 0 Å². The Kier molecular flexibility index (Phi) is 6.60. The molecule has 0 aromatic heterocycles. The molecule has 2 heterocycles. The molecular formula is C15H30N4O. The average molecular weight is 282 g/mol. The highest BCUT2D eigenvalue weighted by Crippen LogP contribution is 2.15. The monoisotopic (exact) mass is 282 g/mol. The van der Waals surface area contributed by atoms with Gasteiger partial charge < -0.3 is 20.3 Å². The van der Waals surface area contributed by atoms with Crippen molar-refractivity contribution in [2.45, 2.75) is 38.7 Å². The minimum atomic E-state index is 0.358. The largest absolute Gasteiger partial charge is 0.376 e. The number of aliphatic imine (C=N–C) groups is 1. The van der Waals surface area contributed by atoms with E-state index in [9.17, 15) is 0 Å². The lowest BCUT2D eigenvalue weighted by atomic mass is 9.99. The van der Waals surface area contributed by atoms with Crippen molar-refractivity contribution in [1.29, 1.82) is 0 Å². The maximum atomic E-state index is 5.60. The number of hydrogen-bond donors (Lipinski definition) is 2. The molecule has 1 unspecified atom stereocenters. The number of nitrogens with zero attached hydrogens (tertiary/aromatic N) is 2. The van der Waals surface area contributed by atoms with E-state index >= 15 is 0 Å². The lowest BCUT2D eigenvalue weighted by molar-refractivity contribution is 0.113. The van der Waals surface area contributed by atoms with Gasteiger partial charge in [0.2, 0.25) is 0 Å². The Morgan fingerprint density at radius 3 is 2.70 bits per heavy atom. The Labute approximate surface area is 123 Å². The smallest absolute Gasteiger partial charge is 0.191 e. The van der Waals surface area contributed by atoms with Crippen molar-refractivity contribution in [3.05, 3.63) is 0 Å². The standard InChI is InChI=1S/C15H30N4O/c1-13-5-8-19(9-6-13)10-7-17-15(16-2)18-12-14-4-3-11-20-14/h13-14H,3-12H2,1-2H3,(H2,16,17,18). The number of rotatable bonds is 5. The van der Waals surface area contributed by atoms with Gasteiger partial charge in [-0.3, -0.25) is 4.99 Å². The summed E-state index contributed by atoms with van der Waals surface area (Å²) in [4.78, 5) is 6.81. The van der Waals surface area contributed by atoms with Gasteiger partial charge >= 0.3 is 0 Å². The molecule has 2 N–H and O–H groups in total. The molecule has 2 saturated heterocycles. The molecule has 116 valence electrons. The van der Waals surface area contributed by atoms with Crippen LogP contribution in [0.2, 0.25) is 0 Å². The molecule has 0 bridgehead atoms. The summed E-state index contributed by atoms with van der Waals surface area (Å²) in [5.74, 6) is 1.80. The van der Waals surface area contributed by atoms with Gasteiger partial charge in [0.25, 0.3) is 0 Å². The Hall–Kier alpha value is -0.810. The second kappa shape index (κ2) is 8.47. The number of hydrogen-bond acceptors (Lipinski definition) is 3. The van der Waals surface area contributed by atoms with Crippen LogP contribution in [0.15, 0.2) is 4.99 Å². The van der Waals surface area contributed by atoms with E-state index in [1.807, 2.05) is 7.05 Å². The van der Waals surface area contributed by atoms with Crippen molar-refractivity contribution in [3.63, 3.8) is 0 Å². The highest BCUT2D eigenvalue weighted by atomic mass is 16.5. The molecule has 0 amide bonds. The van der Waals surface area contributed by atoms with Crippen molar-refractivity contribution in [2.24, 2.45) is 10.9 Å². The number of guanidine groups is 1. The topological polar surface area (TPSA) is 48.9 Å². The molecular weight excluding hydrogens is 252 g/mol. The number of likely N-dealkylation sites (tertiary alicyclic amines) is 1. The average Bonchev–Trinajstić information content (AvgIpc) is 2.98. The van der Waals surface area contributed by atoms with Gasteiger partial charge in [0, 0.05) is 33.3 Å². The van der Waals surface area contributed by atoms with E-state index in [0.717, 1.165) is 44.5 Å². The Bertz CT molecular complexity index is 294. The molecule has 1 atom stereocenters. The van der Waals surface area contributed by atoms with Gasteiger partial charge in [-0.1, -0.05) is 6.92 Å². The summed E-state index contributed by atoms with van der Waals surface area (Å²) in [5.41, 5.74) is 0. The molecule has 5 nitrogen and oxygen atoms in total. The molecule has 2 fully saturated rings. The SMILES string of the molecule is CN=C(NCCN1CCC(C)CC1)NCC1CCCO1. The van der Waals surface area contributed by atoms with Crippen molar-refractivity contribution >= 4 is 5.96 Å². The van der Waals surface area contributed by atoms with Crippen LogP contribution in [0.25, 0.3) is 0 Å². The van der Waals surface area contributed by atoms with E-state index < -0.39 is 0 Å². The van der Waals surface area contributed by atoms with Crippen LogP contribution in [0.4, 0.5) is 0 Å². The first-order valence-corrected chi connectivity index (χ1v) is 8.06. The van der Waals surface area contributed by atoms with E-state index in [1.165, 1.54) is 32.4 Å². The van der Waals surface area contributed by atoms with Crippen LogP contribution >= 0.6 is 0 Å². The molecule has 0 spiro atoms. The van der Waals surface area contributed by atoms with Gasteiger partial charge in [-0.15, -0.1) is 0 Å². The molecule has 0 aromatic carbocycles. The zero-order valence-electron chi connectivity index (χ0n) is 13.0. The zero-order chi connectivity index (χ0) is 14.2. The van der Waals surface area contributed by atoms with E-state index in [1.54, 1.807) is 0 Å². The van der Waals surface area contributed by atoms with Crippen molar-refractivity contribution < 1.29 is 4.74 Å². The normalized spacial score (nSPS) is 25.9. The molecule has 0 aliphatic carbocycles. The Morgan fingerprint density at radius 1 is 1.25 bits per heavy atom. The lowest BCUT2D eigenvalue weighted by Crippen LogP contribution is -2.45. The third kappa shape index (κ3) is 5.29. The van der Waals surface area contributed by atoms with Crippen molar-refractivity contribution in [3.8, 4) is 0 Å². The van der Waals surface area contributed by atoms with Gasteiger partial charge in [0.15, 0.2) is 5.96 Å². The summed E-state index contributed by atoms with van der Waals surface area (Å²) >= 11 is 0. The second-order valence-corrected chi connectivity index (χ2v) is 6.04. The maximum Gasteiger partial charge on any atom is 0.191 e. The van der Waals surface area contributed by atoms with E-state index in [-0.39, 0.29) is 0 Å². The van der Waals surface area contributed by atoms with Gasteiger partial charge in [0.1, 0.15) is 0 Å². The zero-order valence-corrected chi connectivity index (χ0v) is 13.0. The fourth-order valence-corrected chi connectivity index (χ4v) is 2.85. The van der Waals surface area contributed by atoms with Crippen molar-refractivity contribution in [2.75, 3.05) is 46.4 Å². The van der Waals surface area contributed by atoms with Gasteiger partial charge in [-0.25, -0.2) is 0 Å². The number of piperidine rings is 1. The van der Waals surface area contributed by atoms with Crippen LogP contribution in [0.1, 0.15) is 32.6 Å². The maximum absolute atomic E-state index is 5.60. The summed E-state index contributed by atoms with van der Waals surface area (Å²) < 4.78 is 5.60. The number of ether oxygens (including phenoxy) is 1. The molecule has 0 radical (unpaired) electrons. The highest BCUT2D eigenvalue weighted by molar-refractivity contribution is 5.79. The predicted octanol–water partition coefficient (Wildman–Crippen LogP) is 1.06. The van der Waals surface area contributed by atoms with Crippen molar-refractivity contribution in [1.82, 2.24) is 15.5 Å². The van der Waals surface area contributed by atoms with E-state index in [4.69, 9.17) is 4.74 Å². The van der Waals surface area contributed by atoms with Crippen LogP contribution in [-0.4, -0.2) is 63.3 Å². The molecule has 20 heavy (non-hydrogen) atoms. The lowest BCUT2D eigenvalue weighted by Gasteiger charge is -2.30. The van der Waals surface area contributed by atoms with E-state index in [2.05, 4.69) is 27.4 Å². The van der Waals surface area contributed by atoms with Crippen LogP contribution < -0.4 is 10.6 Å². The molecule has 0 saturated carbocycles. The van der Waals surface area contributed by atoms with Crippen LogP contribution in [0.3, 0.4) is 0 Å². The fourth-order valence-electron chi connectivity index (χ4n) is 2.85. The highest BCUT2D eigenvalue weighted by Gasteiger charge is 2.16. The quantitative estimate of drug-likeness (QED) is 0.585. The Balaban J connectivity index is 1.56. The third-order valence-electron chi connectivity index (χ3n) is 4.34. The van der Waals surface area contributed by atoms with E-state index in [0.29, 0.717) is 6.10 Å². The molecule has 5 heteroatoms. The van der Waals surface area contributed by atoms with Crippen LogP contribution in [0.5, 0.6) is 0 Å². The minimum Gasteiger partial charge on any atom is -0.376 e. The third-order valence-corrected chi connectivity index (χ3v) is 4.34. The Morgan fingerprint density at radius 2 is 2.05 bits per heavy atom. The molecule has 2 rings (SSSR count). The molecule has 0 aromatic rings. The number of nitrogens with one attached hydrogen (secondary N) is 2. The van der Waals surface area contributed by atoms with Crippen LogP contribution in [-0.2, 0) is 4.74 Å². The first kappa shape index (κ1) is 15.6. The first-order chi connectivity index (χ1) is 9.78.